The maximum Gasteiger partial charge on any atom is 0.326 e. The van der Waals surface area contributed by atoms with Crippen LogP contribution in [-0.4, -0.2) is 72.0 Å². The van der Waals surface area contributed by atoms with Crippen molar-refractivity contribution in [2.75, 3.05) is 23.4 Å². The predicted molar refractivity (Wildman–Crippen MR) is 132 cm³/mol. The molecule has 2 heterocycles. The fraction of sp³-hybridized carbons (Fsp3) is 0.348. The van der Waals surface area contributed by atoms with Gasteiger partial charge >= 0.3 is 11.9 Å². The van der Waals surface area contributed by atoms with Gasteiger partial charge in [0.15, 0.2) is 17.0 Å². The summed E-state index contributed by atoms with van der Waals surface area (Å²) >= 11 is 0. The number of nitrogens with two attached hydrogens (primary N) is 2. The van der Waals surface area contributed by atoms with Gasteiger partial charge in [0, 0.05) is 30.8 Å². The van der Waals surface area contributed by atoms with Crippen LogP contribution in [0, 0.1) is 0 Å². The highest BCUT2D eigenvalue weighted by Gasteiger charge is 2.32. The van der Waals surface area contributed by atoms with Crippen molar-refractivity contribution in [1.29, 1.82) is 0 Å². The molecular weight excluding hydrogens is 468 g/mol. The predicted octanol–water partition coefficient (Wildman–Crippen LogP) is 1.39. The molecule has 0 bridgehead atoms. The number of hydrogen-bond donors (Lipinski definition) is 4. The SMILES string of the molecule is CC(C)N(C(=O)c1ccc(N(C)Cc2cnc3nc(N)nc(N)c3n2)cc1)C(CCC(=O)O)C(=O)O. The lowest BCUT2D eigenvalue weighted by molar-refractivity contribution is -0.144. The molecule has 1 aromatic carbocycles. The average Bonchev–Trinajstić information content (AvgIpc) is 2.81. The van der Waals surface area contributed by atoms with Gasteiger partial charge in [0.2, 0.25) is 5.95 Å². The first-order valence-electron chi connectivity index (χ1n) is 11.1. The van der Waals surface area contributed by atoms with E-state index in [1.165, 1.54) is 4.90 Å². The van der Waals surface area contributed by atoms with Gasteiger partial charge in [0.05, 0.1) is 18.4 Å². The molecule has 1 amide bonds. The second kappa shape index (κ2) is 10.8. The number of aliphatic carboxylic acids is 2. The van der Waals surface area contributed by atoms with Crippen LogP contribution < -0.4 is 16.4 Å². The van der Waals surface area contributed by atoms with Gasteiger partial charge in [-0.15, -0.1) is 0 Å². The summed E-state index contributed by atoms with van der Waals surface area (Å²) in [6.45, 7) is 3.75. The van der Waals surface area contributed by atoms with Crippen molar-refractivity contribution in [3.8, 4) is 0 Å². The standard InChI is InChI=1S/C23H28N8O5/c1-12(2)31(16(22(35)36)8-9-17(32)33)21(34)13-4-6-15(7-5-13)30(3)11-14-10-26-20-18(27-14)19(24)28-23(25)29-20/h4-7,10,12,16H,8-9,11H2,1-3H3,(H,32,33)(H,35,36)(H4,24,25,26,28,29). The first kappa shape index (κ1) is 26.1. The van der Waals surface area contributed by atoms with E-state index in [-0.39, 0.29) is 30.2 Å². The number of amides is 1. The monoisotopic (exact) mass is 496 g/mol. The Labute approximate surface area is 206 Å². The molecule has 0 aliphatic carbocycles. The summed E-state index contributed by atoms with van der Waals surface area (Å²) in [5.74, 6) is -2.72. The van der Waals surface area contributed by atoms with Gasteiger partial charge in [0.25, 0.3) is 5.91 Å². The van der Waals surface area contributed by atoms with Crippen molar-refractivity contribution < 1.29 is 24.6 Å². The molecular formula is C23H28N8O5. The van der Waals surface area contributed by atoms with Crippen LogP contribution in [0.5, 0.6) is 0 Å². The summed E-state index contributed by atoms with van der Waals surface area (Å²) in [6, 6.07) is 4.94. The van der Waals surface area contributed by atoms with E-state index in [9.17, 15) is 19.5 Å². The maximum absolute atomic E-state index is 13.2. The Balaban J connectivity index is 1.78. The number of anilines is 3. The van der Waals surface area contributed by atoms with Crippen LogP contribution in [-0.2, 0) is 16.1 Å². The lowest BCUT2D eigenvalue weighted by Gasteiger charge is -2.32. The number of fused-ring (bicyclic) bond motifs is 1. The molecule has 0 saturated carbocycles. The number of carbonyl (C=O) groups excluding carboxylic acids is 1. The Morgan fingerprint density at radius 3 is 2.28 bits per heavy atom. The van der Waals surface area contributed by atoms with Crippen molar-refractivity contribution in [3.05, 3.63) is 41.7 Å². The van der Waals surface area contributed by atoms with E-state index in [4.69, 9.17) is 16.6 Å². The van der Waals surface area contributed by atoms with Crippen LogP contribution in [0.4, 0.5) is 17.5 Å². The normalized spacial score (nSPS) is 11.9. The van der Waals surface area contributed by atoms with Crippen LogP contribution in [0.15, 0.2) is 30.5 Å². The first-order chi connectivity index (χ1) is 17.0. The zero-order chi connectivity index (χ0) is 26.6. The zero-order valence-electron chi connectivity index (χ0n) is 20.1. The number of benzene rings is 1. The lowest BCUT2D eigenvalue weighted by Crippen LogP contribution is -2.49. The molecule has 0 saturated heterocycles. The number of hydrogen-bond acceptors (Lipinski definition) is 10. The van der Waals surface area contributed by atoms with E-state index < -0.39 is 29.9 Å². The molecule has 0 aliphatic heterocycles. The summed E-state index contributed by atoms with van der Waals surface area (Å²) in [7, 11) is 1.83. The third-order valence-electron chi connectivity index (χ3n) is 5.50. The van der Waals surface area contributed by atoms with E-state index in [1.54, 1.807) is 44.3 Å². The smallest absolute Gasteiger partial charge is 0.326 e. The van der Waals surface area contributed by atoms with Crippen molar-refractivity contribution >= 4 is 46.5 Å². The molecule has 6 N–H and O–H groups in total. The van der Waals surface area contributed by atoms with Gasteiger partial charge in [-0.1, -0.05) is 0 Å². The molecule has 0 spiro atoms. The highest BCUT2D eigenvalue weighted by Crippen LogP contribution is 2.21. The topological polar surface area (TPSA) is 202 Å². The highest BCUT2D eigenvalue weighted by atomic mass is 16.4. The molecule has 0 fully saturated rings. The molecule has 2 aromatic heterocycles. The number of carboxylic acid groups (broad SMARTS) is 2. The Morgan fingerprint density at radius 2 is 1.69 bits per heavy atom. The van der Waals surface area contributed by atoms with E-state index >= 15 is 0 Å². The van der Waals surface area contributed by atoms with Gasteiger partial charge < -0.3 is 31.5 Å². The minimum Gasteiger partial charge on any atom is -0.481 e. The number of rotatable bonds is 10. The third kappa shape index (κ3) is 5.92. The van der Waals surface area contributed by atoms with Crippen LogP contribution in [0.3, 0.4) is 0 Å². The van der Waals surface area contributed by atoms with Gasteiger partial charge in [-0.25, -0.2) is 14.8 Å². The quantitative estimate of drug-likeness (QED) is 0.314. The molecule has 3 rings (SSSR count). The van der Waals surface area contributed by atoms with E-state index in [1.807, 2.05) is 11.9 Å². The number of aromatic nitrogens is 4. The van der Waals surface area contributed by atoms with Gasteiger partial charge in [-0.3, -0.25) is 9.59 Å². The average molecular weight is 497 g/mol. The van der Waals surface area contributed by atoms with E-state index in [0.717, 1.165) is 5.69 Å². The molecule has 36 heavy (non-hydrogen) atoms. The molecule has 0 radical (unpaired) electrons. The van der Waals surface area contributed by atoms with Crippen LogP contribution in [0.1, 0.15) is 42.7 Å². The van der Waals surface area contributed by atoms with Crippen molar-refractivity contribution in [3.63, 3.8) is 0 Å². The first-order valence-corrected chi connectivity index (χ1v) is 11.1. The number of nitrogen functional groups attached to an aromatic ring is 2. The molecule has 0 aliphatic rings. The third-order valence-corrected chi connectivity index (χ3v) is 5.50. The summed E-state index contributed by atoms with van der Waals surface area (Å²) in [4.78, 5) is 55.6. The number of nitrogens with zero attached hydrogens (tertiary/aromatic N) is 6. The maximum atomic E-state index is 13.2. The zero-order valence-corrected chi connectivity index (χ0v) is 20.1. The van der Waals surface area contributed by atoms with Crippen LogP contribution >= 0.6 is 0 Å². The number of carbonyl (C=O) groups is 3. The van der Waals surface area contributed by atoms with Crippen molar-refractivity contribution in [1.82, 2.24) is 24.8 Å². The summed E-state index contributed by atoms with van der Waals surface area (Å²) < 4.78 is 0. The second-order valence-corrected chi connectivity index (χ2v) is 8.50. The van der Waals surface area contributed by atoms with Crippen molar-refractivity contribution in [2.45, 2.75) is 45.3 Å². The molecule has 13 nitrogen and oxygen atoms in total. The number of carboxylic acids is 2. The summed E-state index contributed by atoms with van der Waals surface area (Å²) in [5, 5.41) is 18.6. The molecule has 13 heteroatoms. The van der Waals surface area contributed by atoms with Crippen molar-refractivity contribution in [2.24, 2.45) is 0 Å². The Hall–Kier alpha value is -4.55. The van der Waals surface area contributed by atoms with E-state index in [0.29, 0.717) is 23.4 Å². The van der Waals surface area contributed by atoms with Gasteiger partial charge in [-0.2, -0.15) is 9.97 Å². The Kier molecular flexibility index (Phi) is 7.82. The largest absolute Gasteiger partial charge is 0.481 e. The van der Waals surface area contributed by atoms with E-state index in [2.05, 4.69) is 19.9 Å². The minimum absolute atomic E-state index is 0.0152. The summed E-state index contributed by atoms with van der Waals surface area (Å²) in [5.41, 5.74) is 13.8. The molecule has 1 unspecified atom stereocenters. The van der Waals surface area contributed by atoms with Crippen LogP contribution in [0.2, 0.25) is 0 Å². The highest BCUT2D eigenvalue weighted by molar-refractivity contribution is 5.97. The molecule has 3 aromatic rings. The fourth-order valence-corrected chi connectivity index (χ4v) is 3.78. The van der Waals surface area contributed by atoms with Crippen LogP contribution in [0.25, 0.3) is 11.2 Å². The fourth-order valence-electron chi connectivity index (χ4n) is 3.78. The molecule has 190 valence electrons. The van der Waals surface area contributed by atoms with Gasteiger partial charge in [-0.05, 0) is 44.5 Å². The lowest BCUT2D eigenvalue weighted by atomic mass is 10.0. The second-order valence-electron chi connectivity index (χ2n) is 8.50. The Bertz CT molecular complexity index is 1280. The van der Waals surface area contributed by atoms with Gasteiger partial charge in [0.1, 0.15) is 6.04 Å². The molecule has 1 atom stereocenters. The minimum atomic E-state index is -1.26. The summed E-state index contributed by atoms with van der Waals surface area (Å²) in [6.07, 6.45) is 1.01. The Morgan fingerprint density at radius 1 is 1.03 bits per heavy atom.